The number of thiophene rings is 1. The summed E-state index contributed by atoms with van der Waals surface area (Å²) < 4.78 is 41.7. The highest BCUT2D eigenvalue weighted by atomic mass is 32.1. The second-order valence-corrected chi connectivity index (χ2v) is 6.20. The minimum Gasteiger partial charge on any atom is -0.459 e. The third-order valence-electron chi connectivity index (χ3n) is 3.17. The van der Waals surface area contributed by atoms with Gasteiger partial charge in [-0.05, 0) is 30.7 Å². The molecule has 5 nitrogen and oxygen atoms in total. The molecule has 0 unspecified atom stereocenters. The number of nitrogens with one attached hydrogen (secondary N) is 1. The zero-order valence-electron chi connectivity index (χ0n) is 12.9. The molecule has 0 aliphatic heterocycles. The van der Waals surface area contributed by atoms with Gasteiger partial charge in [-0.2, -0.15) is 13.2 Å². The van der Waals surface area contributed by atoms with E-state index in [1.165, 1.54) is 19.4 Å². The second-order valence-electron chi connectivity index (χ2n) is 5.15. The first-order valence-electron chi connectivity index (χ1n) is 6.95. The van der Waals surface area contributed by atoms with E-state index < -0.39 is 31.0 Å². The highest BCUT2D eigenvalue weighted by Gasteiger charge is 2.29. The normalized spacial score (nSPS) is 11.4. The Morgan fingerprint density at radius 2 is 2.08 bits per heavy atom. The lowest BCUT2D eigenvalue weighted by Crippen LogP contribution is -2.30. The quantitative estimate of drug-likeness (QED) is 0.879. The SMILES string of the molecule is Cc1cc(NC(=O)c2ccco2)sc1C(=O)N(C)CCC(F)(F)F. The predicted octanol–water partition coefficient (Wildman–Crippen LogP) is 3.93. The number of hydrogen-bond acceptors (Lipinski definition) is 4. The third kappa shape index (κ3) is 4.60. The van der Waals surface area contributed by atoms with Gasteiger partial charge in [-0.3, -0.25) is 9.59 Å². The number of carbonyl (C=O) groups excluding carboxylic acids is 2. The van der Waals surface area contributed by atoms with Crippen LogP contribution in [0, 0.1) is 6.92 Å². The molecule has 24 heavy (non-hydrogen) atoms. The molecule has 0 bridgehead atoms. The first-order chi connectivity index (χ1) is 11.2. The van der Waals surface area contributed by atoms with Gasteiger partial charge in [0.25, 0.3) is 11.8 Å². The largest absolute Gasteiger partial charge is 0.459 e. The lowest BCUT2D eigenvalue weighted by Gasteiger charge is -2.17. The van der Waals surface area contributed by atoms with Crippen molar-refractivity contribution in [2.24, 2.45) is 0 Å². The zero-order chi connectivity index (χ0) is 17.9. The highest BCUT2D eigenvalue weighted by molar-refractivity contribution is 7.18. The van der Waals surface area contributed by atoms with E-state index in [1.54, 1.807) is 19.1 Å². The molecule has 0 aliphatic rings. The molecular formula is C15H15F3N2O3S. The van der Waals surface area contributed by atoms with Gasteiger partial charge < -0.3 is 14.6 Å². The molecule has 2 aromatic heterocycles. The molecule has 1 N–H and O–H groups in total. The van der Waals surface area contributed by atoms with Crippen molar-refractivity contribution in [2.45, 2.75) is 19.5 Å². The highest BCUT2D eigenvalue weighted by Crippen LogP contribution is 2.28. The summed E-state index contributed by atoms with van der Waals surface area (Å²) in [5.41, 5.74) is 0.582. The van der Waals surface area contributed by atoms with Crippen LogP contribution in [0.3, 0.4) is 0 Å². The summed E-state index contributed by atoms with van der Waals surface area (Å²) in [6, 6.07) is 4.66. The lowest BCUT2D eigenvalue weighted by molar-refractivity contribution is -0.136. The second kappa shape index (κ2) is 7.08. The van der Waals surface area contributed by atoms with Crippen molar-refractivity contribution in [1.29, 1.82) is 0 Å². The van der Waals surface area contributed by atoms with Crippen LogP contribution in [-0.2, 0) is 0 Å². The summed E-state index contributed by atoms with van der Waals surface area (Å²) in [4.78, 5) is 25.4. The molecule has 2 heterocycles. The van der Waals surface area contributed by atoms with E-state index in [9.17, 15) is 22.8 Å². The van der Waals surface area contributed by atoms with Crippen molar-refractivity contribution >= 4 is 28.2 Å². The Kier molecular flexibility index (Phi) is 5.33. The molecule has 2 aromatic rings. The lowest BCUT2D eigenvalue weighted by atomic mass is 10.2. The van der Waals surface area contributed by atoms with E-state index in [2.05, 4.69) is 5.32 Å². The van der Waals surface area contributed by atoms with Crippen LogP contribution >= 0.6 is 11.3 Å². The monoisotopic (exact) mass is 360 g/mol. The maximum absolute atomic E-state index is 12.3. The van der Waals surface area contributed by atoms with Gasteiger partial charge in [0.1, 0.15) is 0 Å². The average molecular weight is 360 g/mol. The third-order valence-corrected chi connectivity index (χ3v) is 4.31. The van der Waals surface area contributed by atoms with Crippen LogP contribution in [0.4, 0.5) is 18.2 Å². The average Bonchev–Trinajstić information content (AvgIpc) is 3.13. The van der Waals surface area contributed by atoms with Gasteiger partial charge in [0.2, 0.25) is 0 Å². The number of anilines is 1. The Balaban J connectivity index is 2.05. The molecule has 2 amide bonds. The molecule has 0 atom stereocenters. The number of amides is 2. The van der Waals surface area contributed by atoms with Crippen LogP contribution in [0.25, 0.3) is 0 Å². The number of furan rings is 1. The molecule has 0 aromatic carbocycles. The number of aryl methyl sites for hydroxylation is 1. The molecule has 0 fully saturated rings. The molecule has 0 radical (unpaired) electrons. The van der Waals surface area contributed by atoms with Crippen LogP contribution in [0.1, 0.15) is 32.2 Å². The number of nitrogens with zero attached hydrogens (tertiary/aromatic N) is 1. The van der Waals surface area contributed by atoms with Gasteiger partial charge >= 0.3 is 6.18 Å². The van der Waals surface area contributed by atoms with Crippen molar-refractivity contribution in [3.63, 3.8) is 0 Å². The molecule has 0 saturated heterocycles. The fourth-order valence-corrected chi connectivity index (χ4v) is 2.97. The van der Waals surface area contributed by atoms with Gasteiger partial charge in [-0.25, -0.2) is 0 Å². The minimum absolute atomic E-state index is 0.122. The van der Waals surface area contributed by atoms with Crippen molar-refractivity contribution in [1.82, 2.24) is 4.90 Å². The van der Waals surface area contributed by atoms with Gasteiger partial charge in [0, 0.05) is 13.6 Å². The first-order valence-corrected chi connectivity index (χ1v) is 7.76. The Bertz CT molecular complexity index is 723. The Labute approximate surface area is 140 Å². The van der Waals surface area contributed by atoms with Gasteiger partial charge in [0.05, 0.1) is 22.6 Å². The standard InChI is InChI=1S/C15H15F3N2O3S/c1-9-8-11(19-13(21)10-4-3-7-23-10)24-12(9)14(22)20(2)6-5-15(16,17)18/h3-4,7-8H,5-6H2,1-2H3,(H,19,21). The molecule has 0 spiro atoms. The summed E-state index contributed by atoms with van der Waals surface area (Å²) >= 11 is 1.01. The van der Waals surface area contributed by atoms with E-state index in [4.69, 9.17) is 4.42 Å². The fraction of sp³-hybridized carbons (Fsp3) is 0.333. The van der Waals surface area contributed by atoms with Crippen molar-refractivity contribution in [3.8, 4) is 0 Å². The van der Waals surface area contributed by atoms with E-state index in [-0.39, 0.29) is 10.6 Å². The van der Waals surface area contributed by atoms with Crippen molar-refractivity contribution in [2.75, 3.05) is 18.9 Å². The Hall–Kier alpha value is -2.29. The summed E-state index contributed by atoms with van der Waals surface area (Å²) in [6.45, 7) is 1.23. The van der Waals surface area contributed by atoms with Crippen LogP contribution in [0.5, 0.6) is 0 Å². The van der Waals surface area contributed by atoms with Crippen LogP contribution in [0.15, 0.2) is 28.9 Å². The van der Waals surface area contributed by atoms with E-state index >= 15 is 0 Å². The van der Waals surface area contributed by atoms with E-state index in [0.29, 0.717) is 10.6 Å². The van der Waals surface area contributed by atoms with Crippen molar-refractivity contribution < 1.29 is 27.2 Å². The maximum atomic E-state index is 12.3. The summed E-state index contributed by atoms with van der Waals surface area (Å²) in [6.07, 6.45) is -4.03. The molecule has 9 heteroatoms. The van der Waals surface area contributed by atoms with Crippen LogP contribution in [0.2, 0.25) is 0 Å². The van der Waals surface area contributed by atoms with E-state index in [0.717, 1.165) is 16.2 Å². The number of rotatable bonds is 5. The molecule has 130 valence electrons. The molecular weight excluding hydrogens is 345 g/mol. The molecule has 2 rings (SSSR count). The fourth-order valence-electron chi connectivity index (χ4n) is 1.91. The Morgan fingerprint density at radius 1 is 1.38 bits per heavy atom. The van der Waals surface area contributed by atoms with Crippen LogP contribution in [-0.4, -0.2) is 36.5 Å². The topological polar surface area (TPSA) is 62.6 Å². The molecule has 0 aliphatic carbocycles. The summed E-state index contributed by atoms with van der Waals surface area (Å²) in [5, 5.41) is 3.01. The smallest absolute Gasteiger partial charge is 0.390 e. The number of hydrogen-bond donors (Lipinski definition) is 1. The molecule has 0 saturated carbocycles. The number of carbonyl (C=O) groups is 2. The summed E-state index contributed by atoms with van der Waals surface area (Å²) in [7, 11) is 1.31. The zero-order valence-corrected chi connectivity index (χ0v) is 13.8. The predicted molar refractivity (Wildman–Crippen MR) is 83.3 cm³/mol. The maximum Gasteiger partial charge on any atom is 0.390 e. The summed E-state index contributed by atoms with van der Waals surface area (Å²) in [5.74, 6) is -0.859. The van der Waals surface area contributed by atoms with Gasteiger partial charge in [-0.15, -0.1) is 11.3 Å². The Morgan fingerprint density at radius 3 is 2.67 bits per heavy atom. The minimum atomic E-state index is -4.32. The number of alkyl halides is 3. The van der Waals surface area contributed by atoms with Gasteiger partial charge in [0.15, 0.2) is 5.76 Å². The number of halogens is 3. The first kappa shape index (κ1) is 18.1. The van der Waals surface area contributed by atoms with Crippen molar-refractivity contribution in [3.05, 3.63) is 40.7 Å². The van der Waals surface area contributed by atoms with Gasteiger partial charge in [-0.1, -0.05) is 0 Å². The van der Waals surface area contributed by atoms with Crippen LogP contribution < -0.4 is 5.32 Å². The van der Waals surface area contributed by atoms with E-state index in [1.807, 2.05) is 0 Å².